The summed E-state index contributed by atoms with van der Waals surface area (Å²) >= 11 is 0. The molecule has 1 aromatic heterocycles. The SMILES string of the molecule is C[C@@]1(c2ccco2)NC(=O)N(Cc2cccc3ccccc23)C1=O. The Morgan fingerprint density at radius 2 is 1.83 bits per heavy atom. The Morgan fingerprint density at radius 1 is 1.04 bits per heavy atom. The number of carbonyl (C=O) groups is 2. The van der Waals surface area contributed by atoms with Gasteiger partial charge in [-0.1, -0.05) is 42.5 Å². The molecule has 1 atom stereocenters. The second-order valence-corrected chi connectivity index (χ2v) is 6.06. The van der Waals surface area contributed by atoms with Gasteiger partial charge in [0.25, 0.3) is 5.91 Å². The molecule has 0 radical (unpaired) electrons. The molecule has 1 fully saturated rings. The van der Waals surface area contributed by atoms with E-state index in [0.29, 0.717) is 5.76 Å². The van der Waals surface area contributed by atoms with Crippen molar-refractivity contribution < 1.29 is 14.0 Å². The van der Waals surface area contributed by atoms with E-state index in [9.17, 15) is 9.59 Å². The van der Waals surface area contributed by atoms with Crippen LogP contribution >= 0.6 is 0 Å². The number of benzene rings is 2. The van der Waals surface area contributed by atoms with E-state index in [2.05, 4.69) is 5.32 Å². The van der Waals surface area contributed by atoms with E-state index in [1.54, 1.807) is 19.1 Å². The average Bonchev–Trinajstić information content (AvgIpc) is 3.20. The zero-order chi connectivity index (χ0) is 16.7. The minimum absolute atomic E-state index is 0.225. The van der Waals surface area contributed by atoms with Gasteiger partial charge in [0.05, 0.1) is 12.8 Å². The molecule has 1 saturated heterocycles. The van der Waals surface area contributed by atoms with Crippen LogP contribution in [0.1, 0.15) is 18.2 Å². The molecule has 0 unspecified atom stereocenters. The van der Waals surface area contributed by atoms with Crippen LogP contribution in [-0.4, -0.2) is 16.8 Å². The summed E-state index contributed by atoms with van der Waals surface area (Å²) in [6.45, 7) is 1.89. The van der Waals surface area contributed by atoms with Crippen LogP contribution < -0.4 is 5.32 Å². The fourth-order valence-electron chi connectivity index (χ4n) is 3.17. The third-order valence-electron chi connectivity index (χ3n) is 4.50. The number of fused-ring (bicyclic) bond motifs is 1. The lowest BCUT2D eigenvalue weighted by Crippen LogP contribution is -2.40. The van der Waals surface area contributed by atoms with Crippen LogP contribution in [0.5, 0.6) is 0 Å². The number of amides is 3. The van der Waals surface area contributed by atoms with Crippen molar-refractivity contribution in [2.75, 3.05) is 0 Å². The minimum Gasteiger partial charge on any atom is -0.466 e. The third kappa shape index (κ3) is 2.09. The minimum atomic E-state index is -1.16. The maximum absolute atomic E-state index is 12.9. The zero-order valence-electron chi connectivity index (χ0n) is 13.2. The highest BCUT2D eigenvalue weighted by atomic mass is 16.3. The summed E-state index contributed by atoms with van der Waals surface area (Å²) < 4.78 is 5.35. The van der Waals surface area contributed by atoms with Crippen molar-refractivity contribution in [3.8, 4) is 0 Å². The molecule has 24 heavy (non-hydrogen) atoms. The Kier molecular flexibility index (Phi) is 3.16. The van der Waals surface area contributed by atoms with Gasteiger partial charge in [0.15, 0.2) is 5.54 Å². The van der Waals surface area contributed by atoms with Crippen molar-refractivity contribution in [3.05, 3.63) is 72.2 Å². The fraction of sp³-hybridized carbons (Fsp3) is 0.158. The van der Waals surface area contributed by atoms with Crippen molar-refractivity contribution >= 4 is 22.7 Å². The largest absolute Gasteiger partial charge is 0.466 e. The van der Waals surface area contributed by atoms with Crippen LogP contribution in [0.15, 0.2) is 65.3 Å². The first-order valence-corrected chi connectivity index (χ1v) is 7.74. The molecular weight excluding hydrogens is 304 g/mol. The monoisotopic (exact) mass is 320 g/mol. The Labute approximate surface area is 138 Å². The van der Waals surface area contributed by atoms with E-state index in [-0.39, 0.29) is 12.5 Å². The molecule has 4 rings (SSSR count). The summed E-state index contributed by atoms with van der Waals surface area (Å²) in [6.07, 6.45) is 1.49. The number of rotatable bonds is 3. The van der Waals surface area contributed by atoms with Gasteiger partial charge in [0.1, 0.15) is 5.76 Å². The normalized spacial score (nSPS) is 20.6. The zero-order valence-corrected chi connectivity index (χ0v) is 13.2. The van der Waals surface area contributed by atoms with Gasteiger partial charge >= 0.3 is 6.03 Å². The highest BCUT2D eigenvalue weighted by molar-refractivity contribution is 6.07. The van der Waals surface area contributed by atoms with E-state index < -0.39 is 11.6 Å². The van der Waals surface area contributed by atoms with Crippen molar-refractivity contribution in [1.82, 2.24) is 10.2 Å². The van der Waals surface area contributed by atoms with Gasteiger partial charge in [-0.05, 0) is 35.4 Å². The first kappa shape index (κ1) is 14.5. The number of urea groups is 1. The average molecular weight is 320 g/mol. The number of hydrogen-bond donors (Lipinski definition) is 1. The molecule has 3 aromatic rings. The van der Waals surface area contributed by atoms with Gasteiger partial charge in [0.2, 0.25) is 0 Å². The number of nitrogens with one attached hydrogen (secondary N) is 1. The highest BCUT2D eigenvalue weighted by Crippen LogP contribution is 2.31. The maximum atomic E-state index is 12.9. The van der Waals surface area contributed by atoms with Crippen molar-refractivity contribution in [2.45, 2.75) is 19.0 Å². The third-order valence-corrected chi connectivity index (χ3v) is 4.50. The van der Waals surface area contributed by atoms with Crippen molar-refractivity contribution in [2.24, 2.45) is 0 Å². The molecule has 0 saturated carbocycles. The molecule has 5 nitrogen and oxygen atoms in total. The predicted octanol–water partition coefficient (Wildman–Crippen LogP) is 3.40. The number of imide groups is 1. The summed E-state index contributed by atoms with van der Waals surface area (Å²) in [5, 5.41) is 4.86. The van der Waals surface area contributed by atoms with Crippen LogP contribution in [0.4, 0.5) is 4.79 Å². The van der Waals surface area contributed by atoms with Crippen LogP contribution in [-0.2, 0) is 16.9 Å². The number of hydrogen-bond acceptors (Lipinski definition) is 3. The van der Waals surface area contributed by atoms with Gasteiger partial charge in [-0.15, -0.1) is 0 Å². The molecule has 0 bridgehead atoms. The van der Waals surface area contributed by atoms with Gasteiger partial charge < -0.3 is 9.73 Å². The summed E-state index contributed by atoms with van der Waals surface area (Å²) in [5.41, 5.74) is -0.231. The molecule has 2 aromatic carbocycles. The Bertz CT molecular complexity index is 927. The van der Waals surface area contributed by atoms with E-state index in [1.807, 2.05) is 42.5 Å². The van der Waals surface area contributed by atoms with Crippen molar-refractivity contribution in [1.29, 1.82) is 0 Å². The molecule has 3 amide bonds. The molecule has 0 aliphatic carbocycles. The lowest BCUT2D eigenvalue weighted by Gasteiger charge is -2.19. The summed E-state index contributed by atoms with van der Waals surface area (Å²) in [7, 11) is 0. The molecule has 120 valence electrons. The van der Waals surface area contributed by atoms with Crippen LogP contribution in [0.2, 0.25) is 0 Å². The lowest BCUT2D eigenvalue weighted by atomic mass is 9.99. The van der Waals surface area contributed by atoms with Crippen molar-refractivity contribution in [3.63, 3.8) is 0 Å². The Hall–Kier alpha value is -3.08. The number of nitrogens with zero attached hydrogens (tertiary/aromatic N) is 1. The van der Waals surface area contributed by atoms with E-state index in [1.165, 1.54) is 11.2 Å². The molecule has 0 spiro atoms. The molecule has 5 heteroatoms. The van der Waals surface area contributed by atoms with E-state index >= 15 is 0 Å². The van der Waals surface area contributed by atoms with Crippen LogP contribution in [0.25, 0.3) is 10.8 Å². The summed E-state index contributed by atoms with van der Waals surface area (Å²) in [4.78, 5) is 26.5. The fourth-order valence-corrected chi connectivity index (χ4v) is 3.17. The highest BCUT2D eigenvalue weighted by Gasteiger charge is 2.50. The quantitative estimate of drug-likeness (QED) is 0.752. The second-order valence-electron chi connectivity index (χ2n) is 6.06. The van der Waals surface area contributed by atoms with Gasteiger partial charge in [-0.2, -0.15) is 0 Å². The van der Waals surface area contributed by atoms with Gasteiger partial charge in [0, 0.05) is 0 Å². The Morgan fingerprint density at radius 3 is 2.62 bits per heavy atom. The van der Waals surface area contributed by atoms with E-state index in [0.717, 1.165) is 16.3 Å². The van der Waals surface area contributed by atoms with E-state index in [4.69, 9.17) is 4.42 Å². The van der Waals surface area contributed by atoms with Gasteiger partial charge in [-0.3, -0.25) is 9.69 Å². The lowest BCUT2D eigenvalue weighted by molar-refractivity contribution is -0.132. The first-order chi connectivity index (χ1) is 11.6. The molecular formula is C19H16N2O3. The molecule has 2 heterocycles. The summed E-state index contributed by atoms with van der Waals surface area (Å²) in [5.74, 6) is 0.122. The van der Waals surface area contributed by atoms with Crippen LogP contribution in [0, 0.1) is 0 Å². The predicted molar refractivity (Wildman–Crippen MR) is 89.1 cm³/mol. The molecule has 1 aliphatic rings. The molecule has 1 N–H and O–H groups in total. The maximum Gasteiger partial charge on any atom is 0.325 e. The number of furan rings is 1. The number of carbonyl (C=O) groups excluding carboxylic acids is 2. The summed E-state index contributed by atoms with van der Waals surface area (Å²) in [6, 6.07) is 16.8. The topological polar surface area (TPSA) is 62.6 Å². The van der Waals surface area contributed by atoms with Crippen LogP contribution in [0.3, 0.4) is 0 Å². The first-order valence-electron chi connectivity index (χ1n) is 7.74. The smallest absolute Gasteiger partial charge is 0.325 e. The standard InChI is InChI=1S/C19H16N2O3/c1-19(16-10-5-11-24-16)17(22)21(18(23)20-19)12-14-8-4-7-13-6-2-3-9-15(13)14/h2-11H,12H2,1H3,(H,20,23)/t19-/m0/s1. The molecule has 1 aliphatic heterocycles. The van der Waals surface area contributed by atoms with Gasteiger partial charge in [-0.25, -0.2) is 4.79 Å². The second kappa shape index (κ2) is 5.23. The Balaban J connectivity index is 1.70.